The highest BCUT2D eigenvalue weighted by atomic mass is 32.1. The van der Waals surface area contributed by atoms with Crippen LogP contribution in [0.15, 0.2) is 0 Å². The van der Waals surface area contributed by atoms with Gasteiger partial charge in [-0.25, -0.2) is 0 Å². The van der Waals surface area contributed by atoms with E-state index in [1.807, 2.05) is 0 Å². The van der Waals surface area contributed by atoms with E-state index in [0.29, 0.717) is 0 Å². The Morgan fingerprint density at radius 2 is 2.05 bits per heavy atom. The standard InChI is InChI=1S/C12H21NO7S/c1-3-6(15)9(17)10-8(13-5(2)14)7(16)4-12(19,20-10)11(18)21/h6-10,15-17,19H,3-4H2,1-2H3,(H,13,14)(H,18,21)/t6-,7+,8-,9-,10-,12?/m1/s1. The average Bonchev–Trinajstić information content (AvgIpc) is 2.39. The number of amides is 1. The summed E-state index contributed by atoms with van der Waals surface area (Å²) in [6, 6.07) is -1.08. The summed E-state index contributed by atoms with van der Waals surface area (Å²) in [7, 11) is 0. The molecule has 0 aromatic rings. The van der Waals surface area contributed by atoms with Crippen LogP contribution < -0.4 is 5.32 Å². The summed E-state index contributed by atoms with van der Waals surface area (Å²) in [5.41, 5.74) is 0. The zero-order valence-corrected chi connectivity index (χ0v) is 12.7. The summed E-state index contributed by atoms with van der Waals surface area (Å²) in [6.07, 6.45) is -5.78. The van der Waals surface area contributed by atoms with E-state index in [9.17, 15) is 30.0 Å². The molecule has 0 spiro atoms. The molecule has 122 valence electrons. The van der Waals surface area contributed by atoms with Crippen molar-refractivity contribution in [2.75, 3.05) is 0 Å². The van der Waals surface area contributed by atoms with Crippen LogP contribution in [0.5, 0.6) is 0 Å². The number of ether oxygens (including phenoxy) is 1. The second-order valence-electron chi connectivity index (χ2n) is 5.14. The SMILES string of the molecule is CC[C@@H](O)[C@@H](O)[C@@H]1OC(O)(C(=O)S)C[C@H](O)[C@H]1NC(C)=O. The number of nitrogens with one attached hydrogen (secondary N) is 1. The largest absolute Gasteiger partial charge is 0.391 e. The third kappa shape index (κ3) is 4.15. The lowest BCUT2D eigenvalue weighted by Crippen LogP contribution is -2.66. The fourth-order valence-electron chi connectivity index (χ4n) is 2.27. The molecule has 0 aromatic heterocycles. The Hall–Kier alpha value is -0.710. The van der Waals surface area contributed by atoms with Gasteiger partial charge in [0.15, 0.2) is 0 Å². The maximum Gasteiger partial charge on any atom is 0.245 e. The predicted molar refractivity (Wildman–Crippen MR) is 74.3 cm³/mol. The van der Waals surface area contributed by atoms with Crippen LogP contribution in [0.2, 0.25) is 0 Å². The van der Waals surface area contributed by atoms with Crippen molar-refractivity contribution in [1.29, 1.82) is 0 Å². The van der Waals surface area contributed by atoms with Gasteiger partial charge in [0.25, 0.3) is 0 Å². The monoisotopic (exact) mass is 323 g/mol. The number of aliphatic hydroxyl groups is 4. The lowest BCUT2D eigenvalue weighted by atomic mass is 9.88. The minimum atomic E-state index is -2.39. The van der Waals surface area contributed by atoms with Crippen molar-refractivity contribution in [1.82, 2.24) is 5.32 Å². The Morgan fingerprint density at radius 1 is 1.48 bits per heavy atom. The molecule has 6 atom stereocenters. The lowest BCUT2D eigenvalue weighted by molar-refractivity contribution is -0.281. The molecule has 0 aromatic carbocycles. The predicted octanol–water partition coefficient (Wildman–Crippen LogP) is -2.08. The summed E-state index contributed by atoms with van der Waals surface area (Å²) in [6.45, 7) is 2.81. The molecule has 0 aliphatic carbocycles. The van der Waals surface area contributed by atoms with E-state index in [2.05, 4.69) is 17.9 Å². The second kappa shape index (κ2) is 7.03. The van der Waals surface area contributed by atoms with Gasteiger partial charge in [0.2, 0.25) is 16.8 Å². The molecule has 1 amide bonds. The molecule has 9 heteroatoms. The van der Waals surface area contributed by atoms with Gasteiger partial charge in [-0.15, -0.1) is 0 Å². The molecule has 8 nitrogen and oxygen atoms in total. The highest BCUT2D eigenvalue weighted by Crippen LogP contribution is 2.31. The van der Waals surface area contributed by atoms with Crippen LogP contribution in [0.25, 0.3) is 0 Å². The molecule has 1 unspecified atom stereocenters. The van der Waals surface area contributed by atoms with Gasteiger partial charge >= 0.3 is 0 Å². The normalized spacial score (nSPS) is 35.9. The van der Waals surface area contributed by atoms with Crippen LogP contribution in [-0.2, 0) is 14.3 Å². The first-order valence-electron chi connectivity index (χ1n) is 6.57. The molecular weight excluding hydrogens is 302 g/mol. The molecule has 21 heavy (non-hydrogen) atoms. The van der Waals surface area contributed by atoms with Gasteiger partial charge in [-0.2, -0.15) is 0 Å². The van der Waals surface area contributed by atoms with Gasteiger partial charge < -0.3 is 30.5 Å². The van der Waals surface area contributed by atoms with E-state index in [-0.39, 0.29) is 6.42 Å². The molecule has 1 rings (SSSR count). The van der Waals surface area contributed by atoms with Gasteiger partial charge in [0.1, 0.15) is 12.2 Å². The molecule has 1 aliphatic rings. The van der Waals surface area contributed by atoms with E-state index in [4.69, 9.17) is 4.74 Å². The molecule has 1 aliphatic heterocycles. The number of rotatable bonds is 5. The third-order valence-electron chi connectivity index (χ3n) is 3.44. The Bertz CT molecular complexity index is 407. The fourth-order valence-corrected chi connectivity index (χ4v) is 2.41. The molecule has 1 heterocycles. The van der Waals surface area contributed by atoms with E-state index < -0.39 is 53.7 Å². The number of hydrogen-bond donors (Lipinski definition) is 6. The van der Waals surface area contributed by atoms with Crippen LogP contribution in [0.1, 0.15) is 26.7 Å². The quantitative estimate of drug-likeness (QED) is 0.319. The molecule has 0 bridgehead atoms. The van der Waals surface area contributed by atoms with Gasteiger partial charge in [-0.05, 0) is 6.42 Å². The van der Waals surface area contributed by atoms with Crippen molar-refractivity contribution < 1.29 is 34.8 Å². The minimum Gasteiger partial charge on any atom is -0.391 e. The topological polar surface area (TPSA) is 136 Å². The number of carbonyl (C=O) groups excluding carboxylic acids is 2. The summed E-state index contributed by atoms with van der Waals surface area (Å²) >= 11 is 3.49. The fraction of sp³-hybridized carbons (Fsp3) is 0.833. The van der Waals surface area contributed by atoms with Crippen LogP contribution in [0.4, 0.5) is 0 Å². The molecule has 0 saturated carbocycles. The van der Waals surface area contributed by atoms with E-state index in [1.54, 1.807) is 6.92 Å². The summed E-state index contributed by atoms with van der Waals surface area (Å²) in [5.74, 6) is -2.88. The van der Waals surface area contributed by atoms with Crippen LogP contribution >= 0.6 is 12.6 Å². The zero-order valence-electron chi connectivity index (χ0n) is 11.8. The third-order valence-corrected chi connectivity index (χ3v) is 3.79. The zero-order chi connectivity index (χ0) is 16.4. The van der Waals surface area contributed by atoms with Crippen LogP contribution in [-0.4, -0.2) is 67.7 Å². The first kappa shape index (κ1) is 18.3. The van der Waals surface area contributed by atoms with Crippen molar-refractivity contribution in [3.05, 3.63) is 0 Å². The van der Waals surface area contributed by atoms with E-state index in [0.717, 1.165) is 0 Å². The number of aliphatic hydroxyl groups excluding tert-OH is 3. The Morgan fingerprint density at radius 3 is 2.48 bits per heavy atom. The van der Waals surface area contributed by atoms with Crippen LogP contribution in [0.3, 0.4) is 0 Å². The van der Waals surface area contributed by atoms with Crippen molar-refractivity contribution in [2.45, 2.75) is 62.9 Å². The Kier molecular flexibility index (Phi) is 6.14. The smallest absolute Gasteiger partial charge is 0.245 e. The van der Waals surface area contributed by atoms with E-state index in [1.165, 1.54) is 6.92 Å². The van der Waals surface area contributed by atoms with Crippen molar-refractivity contribution in [3.63, 3.8) is 0 Å². The Labute approximate surface area is 127 Å². The van der Waals surface area contributed by atoms with Gasteiger partial charge in [0.05, 0.1) is 18.2 Å². The maximum atomic E-state index is 11.3. The molecule has 5 N–H and O–H groups in total. The van der Waals surface area contributed by atoms with Crippen molar-refractivity contribution in [3.8, 4) is 0 Å². The lowest BCUT2D eigenvalue weighted by Gasteiger charge is -2.45. The summed E-state index contributed by atoms with van der Waals surface area (Å²) < 4.78 is 5.15. The molecule has 1 saturated heterocycles. The van der Waals surface area contributed by atoms with Gasteiger partial charge in [-0.3, -0.25) is 9.59 Å². The molecule has 0 radical (unpaired) electrons. The highest BCUT2D eigenvalue weighted by molar-refractivity contribution is 7.96. The number of hydrogen-bond acceptors (Lipinski definition) is 7. The minimum absolute atomic E-state index is 0.178. The van der Waals surface area contributed by atoms with Gasteiger partial charge in [-0.1, -0.05) is 19.6 Å². The highest BCUT2D eigenvalue weighted by Gasteiger charge is 2.52. The van der Waals surface area contributed by atoms with Crippen molar-refractivity contribution >= 4 is 23.7 Å². The average molecular weight is 323 g/mol. The second-order valence-corrected chi connectivity index (χ2v) is 5.54. The summed E-state index contributed by atoms with van der Waals surface area (Å²) in [4.78, 5) is 22.5. The number of thiol groups is 1. The number of carbonyl (C=O) groups is 2. The molecule has 1 fully saturated rings. The van der Waals surface area contributed by atoms with E-state index >= 15 is 0 Å². The first-order chi connectivity index (χ1) is 9.62. The van der Waals surface area contributed by atoms with Crippen LogP contribution in [0, 0.1) is 0 Å². The maximum absolute atomic E-state index is 11.3. The molecular formula is C12H21NO7S. The Balaban J connectivity index is 3.07. The first-order valence-corrected chi connectivity index (χ1v) is 7.02. The van der Waals surface area contributed by atoms with Gasteiger partial charge in [0, 0.05) is 13.3 Å². The van der Waals surface area contributed by atoms with Crippen molar-refractivity contribution in [2.24, 2.45) is 0 Å². The summed E-state index contributed by atoms with van der Waals surface area (Å²) in [5, 5.41) is 41.2.